The first-order valence-electron chi connectivity index (χ1n) is 8.41. The predicted molar refractivity (Wildman–Crippen MR) is 83.3 cm³/mol. The highest BCUT2D eigenvalue weighted by Crippen LogP contribution is 2.57. The average molecular weight is 289 g/mol. The Labute approximate surface area is 127 Å². The van der Waals surface area contributed by atoms with Crippen molar-refractivity contribution in [3.05, 3.63) is 18.1 Å². The molecule has 1 aromatic rings. The van der Waals surface area contributed by atoms with Crippen molar-refractivity contribution >= 4 is 0 Å². The fourth-order valence-electron chi connectivity index (χ4n) is 4.14. The van der Waals surface area contributed by atoms with Crippen LogP contribution in [0.5, 0.6) is 5.88 Å². The maximum atomic E-state index is 5.22. The molecule has 116 valence electrons. The van der Waals surface area contributed by atoms with Gasteiger partial charge in [-0.15, -0.1) is 0 Å². The summed E-state index contributed by atoms with van der Waals surface area (Å²) in [6.45, 7) is 3.33. The van der Waals surface area contributed by atoms with Gasteiger partial charge in [0.2, 0.25) is 5.88 Å². The summed E-state index contributed by atoms with van der Waals surface area (Å²) in [5.41, 5.74) is 1.10. The average Bonchev–Trinajstić information content (AvgIpc) is 3.26. The SMILES string of the molecule is CCCNC(Cc1cc(OC)ncn1)C1C2CCCCC21. The molecular weight excluding hydrogens is 262 g/mol. The Morgan fingerprint density at radius 2 is 2.05 bits per heavy atom. The molecule has 0 aliphatic heterocycles. The van der Waals surface area contributed by atoms with E-state index in [1.807, 2.05) is 6.07 Å². The van der Waals surface area contributed by atoms with Gasteiger partial charge in [0.05, 0.1) is 7.11 Å². The molecule has 2 aliphatic rings. The minimum atomic E-state index is 0.567. The molecule has 2 aliphatic carbocycles. The number of ether oxygens (including phenoxy) is 1. The molecule has 1 N–H and O–H groups in total. The van der Waals surface area contributed by atoms with Crippen LogP contribution >= 0.6 is 0 Å². The molecule has 0 radical (unpaired) electrons. The molecule has 0 bridgehead atoms. The van der Waals surface area contributed by atoms with Crippen LogP contribution in [0, 0.1) is 17.8 Å². The van der Waals surface area contributed by atoms with Crippen molar-refractivity contribution in [3.63, 3.8) is 0 Å². The first-order valence-corrected chi connectivity index (χ1v) is 8.41. The molecule has 3 atom stereocenters. The van der Waals surface area contributed by atoms with E-state index in [4.69, 9.17) is 4.74 Å². The Balaban J connectivity index is 1.67. The second kappa shape index (κ2) is 6.73. The van der Waals surface area contributed by atoms with Gasteiger partial charge in [0, 0.05) is 24.2 Å². The minimum Gasteiger partial charge on any atom is -0.481 e. The summed E-state index contributed by atoms with van der Waals surface area (Å²) in [5.74, 6) is 3.47. The summed E-state index contributed by atoms with van der Waals surface area (Å²) >= 11 is 0. The third-order valence-electron chi connectivity index (χ3n) is 5.18. The fraction of sp³-hybridized carbons (Fsp3) is 0.765. The summed E-state index contributed by atoms with van der Waals surface area (Å²) in [4.78, 5) is 8.54. The molecule has 4 heteroatoms. The summed E-state index contributed by atoms with van der Waals surface area (Å²) in [7, 11) is 1.66. The number of aromatic nitrogens is 2. The Kier molecular flexibility index (Phi) is 4.73. The smallest absolute Gasteiger partial charge is 0.216 e. The Morgan fingerprint density at radius 1 is 1.29 bits per heavy atom. The van der Waals surface area contributed by atoms with E-state index in [2.05, 4.69) is 22.2 Å². The number of fused-ring (bicyclic) bond motifs is 1. The second-order valence-corrected chi connectivity index (χ2v) is 6.51. The highest BCUT2D eigenvalue weighted by atomic mass is 16.5. The van der Waals surface area contributed by atoms with Crippen LogP contribution < -0.4 is 10.1 Å². The van der Waals surface area contributed by atoms with Crippen LogP contribution in [0.1, 0.15) is 44.7 Å². The van der Waals surface area contributed by atoms with Gasteiger partial charge in [0.25, 0.3) is 0 Å². The van der Waals surface area contributed by atoms with Crippen LogP contribution in [-0.2, 0) is 6.42 Å². The largest absolute Gasteiger partial charge is 0.481 e. The van der Waals surface area contributed by atoms with Crippen LogP contribution in [-0.4, -0.2) is 29.7 Å². The predicted octanol–water partition coefficient (Wildman–Crippen LogP) is 2.83. The van der Waals surface area contributed by atoms with Gasteiger partial charge in [-0.05, 0) is 43.6 Å². The molecule has 2 fully saturated rings. The topological polar surface area (TPSA) is 47.0 Å². The molecule has 3 unspecified atom stereocenters. The second-order valence-electron chi connectivity index (χ2n) is 6.51. The first-order chi connectivity index (χ1) is 10.3. The first kappa shape index (κ1) is 14.8. The van der Waals surface area contributed by atoms with Crippen LogP contribution in [0.15, 0.2) is 12.4 Å². The number of rotatable bonds is 7. The normalized spacial score (nSPS) is 28.8. The summed E-state index contributed by atoms with van der Waals surface area (Å²) in [6, 6.07) is 2.55. The molecule has 1 aromatic heterocycles. The lowest BCUT2D eigenvalue weighted by Crippen LogP contribution is -2.35. The van der Waals surface area contributed by atoms with Crippen molar-refractivity contribution < 1.29 is 4.74 Å². The lowest BCUT2D eigenvalue weighted by Gasteiger charge is -2.19. The van der Waals surface area contributed by atoms with E-state index in [1.54, 1.807) is 13.4 Å². The monoisotopic (exact) mass is 289 g/mol. The molecule has 1 heterocycles. The zero-order valence-corrected chi connectivity index (χ0v) is 13.2. The van der Waals surface area contributed by atoms with Crippen molar-refractivity contribution in [2.45, 2.75) is 51.5 Å². The zero-order chi connectivity index (χ0) is 14.7. The molecule has 4 nitrogen and oxygen atoms in total. The fourth-order valence-corrected chi connectivity index (χ4v) is 4.14. The van der Waals surface area contributed by atoms with Crippen molar-refractivity contribution in [2.24, 2.45) is 17.8 Å². The maximum Gasteiger partial charge on any atom is 0.216 e. The number of nitrogens with one attached hydrogen (secondary N) is 1. The van der Waals surface area contributed by atoms with Crippen LogP contribution in [0.3, 0.4) is 0 Å². The van der Waals surface area contributed by atoms with E-state index in [-0.39, 0.29) is 0 Å². The van der Waals surface area contributed by atoms with Crippen molar-refractivity contribution in [1.29, 1.82) is 0 Å². The molecule has 3 rings (SSSR count). The van der Waals surface area contributed by atoms with E-state index >= 15 is 0 Å². The summed E-state index contributed by atoms with van der Waals surface area (Å²) in [6.07, 6.45) is 9.53. The van der Waals surface area contributed by atoms with E-state index < -0.39 is 0 Å². The van der Waals surface area contributed by atoms with Crippen LogP contribution in [0.2, 0.25) is 0 Å². The summed E-state index contributed by atoms with van der Waals surface area (Å²) in [5, 5.41) is 3.77. The molecule has 21 heavy (non-hydrogen) atoms. The van der Waals surface area contributed by atoms with Crippen molar-refractivity contribution in [1.82, 2.24) is 15.3 Å². The van der Waals surface area contributed by atoms with E-state index in [1.165, 1.54) is 32.1 Å². The van der Waals surface area contributed by atoms with Gasteiger partial charge in [0.1, 0.15) is 6.33 Å². The van der Waals surface area contributed by atoms with Gasteiger partial charge in [-0.2, -0.15) is 0 Å². The molecule has 0 amide bonds. The molecular formula is C17H27N3O. The van der Waals surface area contributed by atoms with Gasteiger partial charge in [-0.25, -0.2) is 9.97 Å². The highest BCUT2D eigenvalue weighted by Gasteiger charge is 2.53. The third kappa shape index (κ3) is 3.37. The minimum absolute atomic E-state index is 0.567. The maximum absolute atomic E-state index is 5.22. The Bertz CT molecular complexity index is 453. The summed E-state index contributed by atoms with van der Waals surface area (Å²) < 4.78 is 5.22. The lowest BCUT2D eigenvalue weighted by atomic mass is 10.0. The number of methoxy groups -OCH3 is 1. The van der Waals surface area contributed by atoms with Gasteiger partial charge in [-0.1, -0.05) is 19.8 Å². The molecule has 2 saturated carbocycles. The van der Waals surface area contributed by atoms with E-state index in [0.717, 1.165) is 36.4 Å². The molecule has 0 saturated heterocycles. The number of hydrogen-bond donors (Lipinski definition) is 1. The Hall–Kier alpha value is -1.16. The van der Waals surface area contributed by atoms with Gasteiger partial charge in [0.15, 0.2) is 0 Å². The third-order valence-corrected chi connectivity index (χ3v) is 5.18. The van der Waals surface area contributed by atoms with Crippen LogP contribution in [0.25, 0.3) is 0 Å². The van der Waals surface area contributed by atoms with Crippen LogP contribution in [0.4, 0.5) is 0 Å². The number of hydrogen-bond acceptors (Lipinski definition) is 4. The van der Waals surface area contributed by atoms with Gasteiger partial charge in [-0.3, -0.25) is 0 Å². The molecule has 0 spiro atoms. The quantitative estimate of drug-likeness (QED) is 0.838. The van der Waals surface area contributed by atoms with Crippen molar-refractivity contribution in [3.8, 4) is 5.88 Å². The van der Waals surface area contributed by atoms with Crippen molar-refractivity contribution in [2.75, 3.05) is 13.7 Å². The highest BCUT2D eigenvalue weighted by molar-refractivity contribution is 5.16. The van der Waals surface area contributed by atoms with E-state index in [0.29, 0.717) is 11.9 Å². The standard InChI is InChI=1S/C17H27N3O/c1-3-8-18-15(17-13-6-4-5-7-14(13)17)9-12-10-16(21-2)20-11-19-12/h10-11,13-15,17-18H,3-9H2,1-2H3. The van der Waals surface area contributed by atoms with Gasteiger partial charge < -0.3 is 10.1 Å². The zero-order valence-electron chi connectivity index (χ0n) is 13.2. The van der Waals surface area contributed by atoms with Gasteiger partial charge >= 0.3 is 0 Å². The molecule has 0 aromatic carbocycles. The number of nitrogens with zero attached hydrogens (tertiary/aromatic N) is 2. The van der Waals surface area contributed by atoms with E-state index in [9.17, 15) is 0 Å². The lowest BCUT2D eigenvalue weighted by molar-refractivity contribution is 0.392. The Morgan fingerprint density at radius 3 is 2.71 bits per heavy atom.